The van der Waals surface area contributed by atoms with E-state index in [4.69, 9.17) is 0 Å². The van der Waals surface area contributed by atoms with Crippen LogP contribution in [0.25, 0.3) is 11.1 Å². The summed E-state index contributed by atoms with van der Waals surface area (Å²) < 4.78 is 30.5. The van der Waals surface area contributed by atoms with Crippen molar-refractivity contribution < 1.29 is 8.42 Å². The smallest absolute Gasteiger partial charge is 0.264 e. The molecular formula is C22H25N3O2S. The van der Waals surface area contributed by atoms with Gasteiger partial charge in [0, 0.05) is 25.4 Å². The third-order valence-electron chi connectivity index (χ3n) is 5.60. The van der Waals surface area contributed by atoms with Crippen LogP contribution in [0.1, 0.15) is 36.0 Å². The van der Waals surface area contributed by atoms with E-state index in [1.165, 1.54) is 0 Å². The van der Waals surface area contributed by atoms with Gasteiger partial charge in [-0.2, -0.15) is 5.10 Å². The minimum absolute atomic E-state index is 0.357. The molecule has 5 nitrogen and oxygen atoms in total. The van der Waals surface area contributed by atoms with Crippen molar-refractivity contribution in [2.75, 3.05) is 10.8 Å². The van der Waals surface area contributed by atoms with Gasteiger partial charge in [-0.1, -0.05) is 31.2 Å². The van der Waals surface area contributed by atoms with Crippen LogP contribution in [0.15, 0.2) is 53.7 Å². The molecule has 2 heterocycles. The third-order valence-corrected chi connectivity index (χ3v) is 7.55. The highest BCUT2D eigenvalue weighted by atomic mass is 32.2. The maximum atomic E-state index is 13.6. The Kier molecular flexibility index (Phi) is 4.54. The Morgan fingerprint density at radius 2 is 1.86 bits per heavy atom. The van der Waals surface area contributed by atoms with Gasteiger partial charge in [0.25, 0.3) is 10.0 Å². The van der Waals surface area contributed by atoms with Crippen molar-refractivity contribution in [3.05, 3.63) is 65.5 Å². The topological polar surface area (TPSA) is 55.2 Å². The Morgan fingerprint density at radius 3 is 2.54 bits per heavy atom. The number of rotatable bonds is 3. The van der Waals surface area contributed by atoms with Crippen LogP contribution in [-0.4, -0.2) is 24.7 Å². The monoisotopic (exact) mass is 395 g/mol. The minimum atomic E-state index is -3.63. The maximum Gasteiger partial charge on any atom is 0.264 e. The van der Waals surface area contributed by atoms with Crippen molar-refractivity contribution in [3.8, 4) is 11.1 Å². The number of nitrogens with zero attached hydrogens (tertiary/aromatic N) is 3. The molecular weight excluding hydrogens is 370 g/mol. The first-order valence-corrected chi connectivity index (χ1v) is 10.9. The molecule has 2 aromatic carbocycles. The number of sulfonamides is 1. The molecule has 146 valence electrons. The van der Waals surface area contributed by atoms with E-state index in [1.54, 1.807) is 21.3 Å². The molecule has 0 radical (unpaired) electrons. The molecule has 0 bridgehead atoms. The lowest BCUT2D eigenvalue weighted by Gasteiger charge is -2.35. The number of aryl methyl sites for hydroxylation is 3. The zero-order chi connectivity index (χ0) is 20.1. The van der Waals surface area contributed by atoms with Crippen LogP contribution in [0, 0.1) is 13.8 Å². The van der Waals surface area contributed by atoms with Gasteiger partial charge in [-0.3, -0.25) is 8.99 Å². The van der Waals surface area contributed by atoms with Gasteiger partial charge in [-0.25, -0.2) is 8.42 Å². The Balaban J connectivity index is 1.79. The van der Waals surface area contributed by atoms with E-state index in [1.807, 2.05) is 57.4 Å². The molecule has 0 spiro atoms. The van der Waals surface area contributed by atoms with Crippen molar-refractivity contribution in [1.29, 1.82) is 0 Å². The molecule has 0 saturated heterocycles. The van der Waals surface area contributed by atoms with Gasteiger partial charge in [0.05, 0.1) is 16.8 Å². The Hall–Kier alpha value is -2.60. The number of aromatic nitrogens is 2. The Morgan fingerprint density at radius 1 is 1.07 bits per heavy atom. The number of anilines is 1. The summed E-state index contributed by atoms with van der Waals surface area (Å²) in [4.78, 5) is 0.365. The summed E-state index contributed by atoms with van der Waals surface area (Å²) >= 11 is 0. The number of hydrogen-bond donors (Lipinski definition) is 0. The maximum absolute atomic E-state index is 13.6. The lowest BCUT2D eigenvalue weighted by molar-refractivity contribution is 0.577. The molecule has 6 heteroatoms. The molecule has 1 aliphatic heterocycles. The Bertz CT molecular complexity index is 1150. The fourth-order valence-corrected chi connectivity index (χ4v) is 5.82. The highest BCUT2D eigenvalue weighted by Gasteiger charge is 2.33. The second-order valence-electron chi connectivity index (χ2n) is 7.66. The van der Waals surface area contributed by atoms with Gasteiger partial charge in [-0.15, -0.1) is 0 Å². The van der Waals surface area contributed by atoms with E-state index in [0.29, 0.717) is 17.4 Å². The molecule has 0 N–H and O–H groups in total. The third kappa shape index (κ3) is 3.02. The van der Waals surface area contributed by atoms with E-state index < -0.39 is 10.0 Å². The lowest BCUT2D eigenvalue weighted by atomic mass is 9.91. The summed E-state index contributed by atoms with van der Waals surface area (Å²) in [6.45, 7) is 6.51. The van der Waals surface area contributed by atoms with Crippen LogP contribution in [0.4, 0.5) is 5.69 Å². The summed E-state index contributed by atoms with van der Waals surface area (Å²) in [6, 6.07) is 11.6. The second-order valence-corrected chi connectivity index (χ2v) is 9.49. The van der Waals surface area contributed by atoms with Crippen molar-refractivity contribution in [1.82, 2.24) is 9.78 Å². The fourth-order valence-electron chi connectivity index (χ4n) is 4.05. The quantitative estimate of drug-likeness (QED) is 0.660. The van der Waals surface area contributed by atoms with Gasteiger partial charge >= 0.3 is 0 Å². The van der Waals surface area contributed by atoms with Crippen molar-refractivity contribution in [2.45, 2.75) is 38.0 Å². The average molecular weight is 396 g/mol. The van der Waals surface area contributed by atoms with Crippen LogP contribution < -0.4 is 4.31 Å². The zero-order valence-electron chi connectivity index (χ0n) is 16.7. The average Bonchev–Trinajstić information content (AvgIpc) is 3.08. The van der Waals surface area contributed by atoms with Crippen molar-refractivity contribution in [2.24, 2.45) is 7.05 Å². The summed E-state index contributed by atoms with van der Waals surface area (Å²) in [5, 5.41) is 4.20. The molecule has 0 unspecified atom stereocenters. The first kappa shape index (κ1) is 18.7. The van der Waals surface area contributed by atoms with E-state index >= 15 is 0 Å². The predicted molar refractivity (Wildman–Crippen MR) is 112 cm³/mol. The number of hydrogen-bond acceptors (Lipinski definition) is 3. The van der Waals surface area contributed by atoms with Crippen molar-refractivity contribution in [3.63, 3.8) is 0 Å². The van der Waals surface area contributed by atoms with Gasteiger partial charge in [-0.05, 0) is 60.6 Å². The largest absolute Gasteiger partial charge is 0.275 e. The lowest BCUT2D eigenvalue weighted by Crippen LogP contribution is -2.37. The first-order chi connectivity index (χ1) is 13.3. The SMILES string of the molecule is Cc1cc(-c2cnn(C)c2)ccc1S(=O)(=O)N1CC[C@H](C)c2cccc(C)c21. The molecule has 1 aliphatic rings. The van der Waals surface area contributed by atoms with Crippen LogP contribution in [0.5, 0.6) is 0 Å². The first-order valence-electron chi connectivity index (χ1n) is 9.51. The molecule has 0 amide bonds. The number of benzene rings is 2. The number of para-hydroxylation sites is 1. The van der Waals surface area contributed by atoms with Gasteiger partial charge in [0.2, 0.25) is 0 Å². The second kappa shape index (κ2) is 6.78. The van der Waals surface area contributed by atoms with Crippen LogP contribution in [-0.2, 0) is 17.1 Å². The summed E-state index contributed by atoms with van der Waals surface area (Å²) in [6.07, 6.45) is 4.53. The highest BCUT2D eigenvalue weighted by molar-refractivity contribution is 7.92. The zero-order valence-corrected chi connectivity index (χ0v) is 17.5. The summed E-state index contributed by atoms with van der Waals surface area (Å²) in [5.41, 5.74) is 5.64. The molecule has 3 aromatic rings. The highest BCUT2D eigenvalue weighted by Crippen LogP contribution is 2.40. The van der Waals surface area contributed by atoms with Gasteiger partial charge in [0.1, 0.15) is 0 Å². The molecule has 0 fully saturated rings. The molecule has 0 saturated carbocycles. The molecule has 1 aromatic heterocycles. The van der Waals surface area contributed by atoms with Crippen LogP contribution in [0.3, 0.4) is 0 Å². The minimum Gasteiger partial charge on any atom is -0.275 e. The van der Waals surface area contributed by atoms with E-state index in [2.05, 4.69) is 12.0 Å². The fraction of sp³-hybridized carbons (Fsp3) is 0.318. The molecule has 28 heavy (non-hydrogen) atoms. The Labute approximate surface area is 166 Å². The summed E-state index contributed by atoms with van der Waals surface area (Å²) in [5.74, 6) is 0.357. The predicted octanol–water partition coefficient (Wildman–Crippen LogP) is 4.41. The summed E-state index contributed by atoms with van der Waals surface area (Å²) in [7, 11) is -1.77. The normalized spacial score (nSPS) is 16.9. The van der Waals surface area contributed by atoms with Crippen LogP contribution >= 0.6 is 0 Å². The van der Waals surface area contributed by atoms with E-state index in [-0.39, 0.29) is 0 Å². The number of fused-ring (bicyclic) bond motifs is 1. The standard InChI is InChI=1S/C22H25N3O2S/c1-15-10-11-25(22-16(2)6-5-7-20(15)22)28(26,27)21-9-8-18(12-17(21)3)19-13-23-24(4)14-19/h5-9,12-15H,10-11H2,1-4H3/t15-/m0/s1. The van der Waals surface area contributed by atoms with Gasteiger partial charge in [0.15, 0.2) is 0 Å². The van der Waals surface area contributed by atoms with E-state index in [9.17, 15) is 8.42 Å². The van der Waals surface area contributed by atoms with Gasteiger partial charge < -0.3 is 0 Å². The molecule has 1 atom stereocenters. The van der Waals surface area contributed by atoms with Crippen LogP contribution in [0.2, 0.25) is 0 Å². The van der Waals surface area contributed by atoms with Crippen molar-refractivity contribution >= 4 is 15.7 Å². The molecule has 0 aliphatic carbocycles. The molecule has 4 rings (SSSR count). The van der Waals surface area contributed by atoms with E-state index in [0.717, 1.165) is 39.9 Å².